The number of thiophene rings is 1. The van der Waals surface area contributed by atoms with E-state index in [-0.39, 0.29) is 5.92 Å². The highest BCUT2D eigenvalue weighted by atomic mass is 32.1. The molecular formula is C24H27N5O2S. The van der Waals surface area contributed by atoms with E-state index in [1.807, 2.05) is 34.6 Å². The summed E-state index contributed by atoms with van der Waals surface area (Å²) in [5.41, 5.74) is 2.39. The quantitative estimate of drug-likeness (QED) is 0.611. The Balaban J connectivity index is 1.30. The zero-order valence-corrected chi connectivity index (χ0v) is 18.9. The van der Waals surface area contributed by atoms with Crippen molar-refractivity contribution in [3.05, 3.63) is 35.0 Å². The fraction of sp³-hybridized carbons (Fsp3) is 0.500. The molecule has 6 rings (SSSR count). The number of anilines is 1. The molecule has 3 aromatic rings. The summed E-state index contributed by atoms with van der Waals surface area (Å²) in [6, 6.07) is 3.95. The molecule has 0 aromatic carbocycles. The number of nitrogens with zero attached hydrogens (tertiary/aromatic N) is 5. The highest BCUT2D eigenvalue weighted by Gasteiger charge is 2.32. The number of aromatic nitrogens is 3. The van der Waals surface area contributed by atoms with Gasteiger partial charge in [0.1, 0.15) is 10.6 Å². The molecule has 2 aliphatic heterocycles. The number of pyridine rings is 1. The minimum Gasteiger partial charge on any atom is -0.378 e. The molecule has 166 valence electrons. The van der Waals surface area contributed by atoms with Gasteiger partial charge in [0, 0.05) is 54.9 Å². The van der Waals surface area contributed by atoms with Gasteiger partial charge >= 0.3 is 0 Å². The van der Waals surface area contributed by atoms with Crippen LogP contribution in [0.3, 0.4) is 0 Å². The molecule has 0 spiro atoms. The molecule has 3 aromatic heterocycles. The topological polar surface area (TPSA) is 71.5 Å². The molecule has 0 N–H and O–H groups in total. The first-order chi connectivity index (χ1) is 15.8. The summed E-state index contributed by atoms with van der Waals surface area (Å²) in [7, 11) is 0. The minimum absolute atomic E-state index is 0.104. The number of amides is 1. The first-order valence-electron chi connectivity index (χ1n) is 11.6. The van der Waals surface area contributed by atoms with E-state index < -0.39 is 0 Å². The summed E-state index contributed by atoms with van der Waals surface area (Å²) < 4.78 is 5.41. The van der Waals surface area contributed by atoms with E-state index in [9.17, 15) is 4.79 Å². The average molecular weight is 450 g/mol. The Labute approximate surface area is 191 Å². The van der Waals surface area contributed by atoms with Gasteiger partial charge in [0.15, 0.2) is 5.82 Å². The van der Waals surface area contributed by atoms with Gasteiger partial charge in [0.2, 0.25) is 5.91 Å². The Bertz CT molecular complexity index is 1130. The maximum atomic E-state index is 13.0. The van der Waals surface area contributed by atoms with Gasteiger partial charge < -0.3 is 14.5 Å². The van der Waals surface area contributed by atoms with Gasteiger partial charge in [0.25, 0.3) is 0 Å². The Hall–Kier alpha value is -2.58. The van der Waals surface area contributed by atoms with Crippen LogP contribution in [0.1, 0.15) is 29.7 Å². The van der Waals surface area contributed by atoms with Gasteiger partial charge in [0.05, 0.1) is 18.6 Å². The second-order valence-electron chi connectivity index (χ2n) is 8.85. The number of aryl methyl sites for hydroxylation is 2. The summed E-state index contributed by atoms with van der Waals surface area (Å²) in [4.78, 5) is 34.2. The molecule has 0 bridgehead atoms. The smallest absolute Gasteiger partial charge is 0.225 e. The van der Waals surface area contributed by atoms with Crippen molar-refractivity contribution in [2.24, 2.45) is 5.92 Å². The fourth-order valence-corrected chi connectivity index (χ4v) is 6.47. The fourth-order valence-electron chi connectivity index (χ4n) is 5.21. The van der Waals surface area contributed by atoms with E-state index in [1.165, 1.54) is 22.2 Å². The maximum absolute atomic E-state index is 13.0. The normalized spacial score (nSPS) is 19.5. The number of ether oxygens (including phenoxy) is 1. The van der Waals surface area contributed by atoms with Crippen LogP contribution in [0, 0.1) is 5.92 Å². The second-order valence-corrected chi connectivity index (χ2v) is 9.93. The lowest BCUT2D eigenvalue weighted by atomic mass is 9.94. The first kappa shape index (κ1) is 20.1. The molecule has 0 atom stereocenters. The summed E-state index contributed by atoms with van der Waals surface area (Å²) in [6.07, 6.45) is 8.83. The summed E-state index contributed by atoms with van der Waals surface area (Å²) in [5, 5.41) is 1.24. The Kier molecular flexibility index (Phi) is 5.27. The van der Waals surface area contributed by atoms with E-state index in [2.05, 4.69) is 9.88 Å². The zero-order valence-electron chi connectivity index (χ0n) is 18.1. The van der Waals surface area contributed by atoms with Crippen molar-refractivity contribution in [3.8, 4) is 11.4 Å². The number of carbonyl (C=O) groups excluding carboxylic acids is 1. The third-order valence-electron chi connectivity index (χ3n) is 6.93. The molecule has 1 aliphatic carbocycles. The summed E-state index contributed by atoms with van der Waals surface area (Å²) in [6.45, 7) is 4.46. The van der Waals surface area contributed by atoms with E-state index in [0.717, 1.165) is 73.9 Å². The lowest BCUT2D eigenvalue weighted by Crippen LogP contribution is -2.47. The van der Waals surface area contributed by atoms with Crippen molar-refractivity contribution >= 4 is 33.3 Å². The van der Waals surface area contributed by atoms with E-state index in [1.54, 1.807) is 6.20 Å². The molecule has 3 aliphatic rings. The first-order valence-corrected chi connectivity index (χ1v) is 12.4. The van der Waals surface area contributed by atoms with E-state index in [0.29, 0.717) is 19.1 Å². The maximum Gasteiger partial charge on any atom is 0.225 e. The van der Waals surface area contributed by atoms with Crippen molar-refractivity contribution in [2.75, 3.05) is 44.3 Å². The van der Waals surface area contributed by atoms with Crippen molar-refractivity contribution in [1.82, 2.24) is 19.9 Å². The minimum atomic E-state index is 0.104. The SMILES string of the molecule is O=C(C1CCN(c2nc(-c3cccnc3)nc3sc4c(c23)CCC4)CC1)N1CCOCC1. The largest absolute Gasteiger partial charge is 0.378 e. The number of morpholine rings is 1. The van der Waals surface area contributed by atoms with Gasteiger partial charge in [-0.2, -0.15) is 0 Å². The zero-order chi connectivity index (χ0) is 21.5. The van der Waals surface area contributed by atoms with Crippen LogP contribution in [0.5, 0.6) is 0 Å². The number of fused-ring (bicyclic) bond motifs is 3. The van der Waals surface area contributed by atoms with Crippen molar-refractivity contribution in [3.63, 3.8) is 0 Å². The van der Waals surface area contributed by atoms with Crippen molar-refractivity contribution < 1.29 is 9.53 Å². The Morgan fingerprint density at radius 1 is 1.09 bits per heavy atom. The van der Waals surface area contributed by atoms with Crippen LogP contribution in [0.15, 0.2) is 24.5 Å². The van der Waals surface area contributed by atoms with E-state index >= 15 is 0 Å². The molecule has 32 heavy (non-hydrogen) atoms. The van der Waals surface area contributed by atoms with Gasteiger partial charge in [-0.1, -0.05) is 0 Å². The second kappa shape index (κ2) is 8.41. The molecule has 0 saturated carbocycles. The molecule has 2 fully saturated rings. The third-order valence-corrected chi connectivity index (χ3v) is 8.12. The van der Waals surface area contributed by atoms with Crippen LogP contribution in [0.4, 0.5) is 5.82 Å². The van der Waals surface area contributed by atoms with Gasteiger partial charge in [-0.05, 0) is 49.8 Å². The Morgan fingerprint density at radius 3 is 2.72 bits per heavy atom. The number of hydrogen-bond donors (Lipinski definition) is 0. The number of piperidine rings is 1. The molecule has 0 radical (unpaired) electrons. The van der Waals surface area contributed by atoms with Crippen LogP contribution < -0.4 is 4.90 Å². The predicted molar refractivity (Wildman–Crippen MR) is 125 cm³/mol. The van der Waals surface area contributed by atoms with Gasteiger partial charge in [-0.25, -0.2) is 9.97 Å². The molecule has 5 heterocycles. The molecule has 7 nitrogen and oxygen atoms in total. The standard InChI is InChI=1S/C24H27N5O2S/c30-24(29-11-13-31-14-12-29)16-6-9-28(10-7-16)22-20-18-4-1-5-19(18)32-23(20)27-21(26-22)17-3-2-8-25-15-17/h2-3,8,15-16H,1,4-7,9-14H2. The van der Waals surface area contributed by atoms with Crippen LogP contribution in [0.25, 0.3) is 21.6 Å². The molecule has 8 heteroatoms. The number of hydrogen-bond acceptors (Lipinski definition) is 7. The van der Waals surface area contributed by atoms with Crippen LogP contribution in [-0.4, -0.2) is 65.2 Å². The molecular weight excluding hydrogens is 422 g/mol. The Morgan fingerprint density at radius 2 is 1.94 bits per heavy atom. The third kappa shape index (κ3) is 3.55. The number of carbonyl (C=O) groups is 1. The number of rotatable bonds is 3. The van der Waals surface area contributed by atoms with Gasteiger partial charge in [-0.15, -0.1) is 11.3 Å². The van der Waals surface area contributed by atoms with Crippen molar-refractivity contribution in [1.29, 1.82) is 0 Å². The lowest BCUT2D eigenvalue weighted by molar-refractivity contribution is -0.140. The van der Waals surface area contributed by atoms with Crippen LogP contribution in [-0.2, 0) is 22.4 Å². The predicted octanol–water partition coefficient (Wildman–Crippen LogP) is 3.32. The molecule has 2 saturated heterocycles. The molecule has 1 amide bonds. The lowest BCUT2D eigenvalue weighted by Gasteiger charge is -2.36. The monoisotopic (exact) mass is 449 g/mol. The summed E-state index contributed by atoms with van der Waals surface area (Å²) in [5.74, 6) is 2.19. The summed E-state index contributed by atoms with van der Waals surface area (Å²) >= 11 is 1.83. The average Bonchev–Trinajstić information content (AvgIpc) is 3.45. The highest BCUT2D eigenvalue weighted by molar-refractivity contribution is 7.19. The molecule has 0 unspecified atom stereocenters. The highest BCUT2D eigenvalue weighted by Crippen LogP contribution is 2.42. The van der Waals surface area contributed by atoms with Crippen LogP contribution in [0.2, 0.25) is 0 Å². The van der Waals surface area contributed by atoms with Crippen molar-refractivity contribution in [2.45, 2.75) is 32.1 Å². The van der Waals surface area contributed by atoms with Gasteiger partial charge in [-0.3, -0.25) is 9.78 Å². The van der Waals surface area contributed by atoms with Crippen LogP contribution >= 0.6 is 11.3 Å². The van der Waals surface area contributed by atoms with E-state index in [4.69, 9.17) is 14.7 Å².